The predicted molar refractivity (Wildman–Crippen MR) is 67.7 cm³/mol. The first-order valence-corrected chi connectivity index (χ1v) is 5.91. The third-order valence-electron chi connectivity index (χ3n) is 3.10. The molecular formula is C14H15F3N2O. The van der Waals surface area contributed by atoms with Gasteiger partial charge in [-0.05, 0) is 25.5 Å². The third-order valence-corrected chi connectivity index (χ3v) is 3.10. The fraction of sp³-hybridized carbons (Fsp3) is 0.429. The van der Waals surface area contributed by atoms with Crippen molar-refractivity contribution in [3.05, 3.63) is 35.4 Å². The van der Waals surface area contributed by atoms with E-state index < -0.39 is 23.1 Å². The molecule has 1 amide bonds. The molecule has 0 fully saturated rings. The molecule has 0 aromatic heterocycles. The molecule has 0 saturated carbocycles. The highest BCUT2D eigenvalue weighted by molar-refractivity contribution is 5.87. The minimum absolute atomic E-state index is 0.110. The fourth-order valence-corrected chi connectivity index (χ4v) is 1.86. The standard InChI is InChI=1S/C14H15F3N2O/c1-13(2,12(20)19(3)8-7-18)10-5-4-6-11(9-10)14(15,16)17/h4-6,9H,8H2,1-3H3. The summed E-state index contributed by atoms with van der Waals surface area (Å²) >= 11 is 0. The van der Waals surface area contributed by atoms with E-state index in [2.05, 4.69) is 0 Å². The Balaban J connectivity index is 3.16. The molecule has 6 heteroatoms. The van der Waals surface area contributed by atoms with E-state index in [1.54, 1.807) is 13.8 Å². The van der Waals surface area contributed by atoms with Crippen molar-refractivity contribution in [3.8, 4) is 6.07 Å². The maximum Gasteiger partial charge on any atom is 0.416 e. The van der Waals surface area contributed by atoms with Crippen molar-refractivity contribution in [1.82, 2.24) is 4.90 Å². The lowest BCUT2D eigenvalue weighted by Gasteiger charge is -2.29. The zero-order valence-electron chi connectivity index (χ0n) is 11.5. The molecule has 1 aromatic carbocycles. The smallest absolute Gasteiger partial charge is 0.332 e. The number of benzene rings is 1. The number of nitriles is 1. The Labute approximate surface area is 115 Å². The monoisotopic (exact) mass is 284 g/mol. The summed E-state index contributed by atoms with van der Waals surface area (Å²) in [5.41, 5.74) is -1.66. The van der Waals surface area contributed by atoms with Crippen LogP contribution in [-0.4, -0.2) is 24.4 Å². The molecule has 1 aromatic rings. The van der Waals surface area contributed by atoms with E-state index in [1.807, 2.05) is 6.07 Å². The largest absolute Gasteiger partial charge is 0.416 e. The Morgan fingerprint density at radius 1 is 1.30 bits per heavy atom. The first kappa shape index (κ1) is 16.0. The minimum atomic E-state index is -4.45. The highest BCUT2D eigenvalue weighted by Crippen LogP contribution is 2.33. The van der Waals surface area contributed by atoms with Gasteiger partial charge < -0.3 is 4.90 Å². The summed E-state index contributed by atoms with van der Waals surface area (Å²) in [4.78, 5) is 13.4. The molecule has 0 radical (unpaired) electrons. The zero-order chi connectivity index (χ0) is 15.6. The van der Waals surface area contributed by atoms with E-state index in [0.717, 1.165) is 12.1 Å². The van der Waals surface area contributed by atoms with Crippen LogP contribution in [0.4, 0.5) is 13.2 Å². The summed E-state index contributed by atoms with van der Waals surface area (Å²) in [6.45, 7) is 2.97. The summed E-state index contributed by atoms with van der Waals surface area (Å²) in [6, 6.07) is 6.52. The van der Waals surface area contributed by atoms with Crippen molar-refractivity contribution in [2.45, 2.75) is 25.4 Å². The number of carbonyl (C=O) groups is 1. The van der Waals surface area contributed by atoms with Gasteiger partial charge in [0.1, 0.15) is 6.54 Å². The van der Waals surface area contributed by atoms with Gasteiger partial charge in [-0.1, -0.05) is 18.2 Å². The molecule has 0 bridgehead atoms. The van der Waals surface area contributed by atoms with E-state index in [1.165, 1.54) is 24.1 Å². The van der Waals surface area contributed by atoms with Crippen LogP contribution in [0.5, 0.6) is 0 Å². The van der Waals surface area contributed by atoms with Crippen molar-refractivity contribution in [1.29, 1.82) is 5.26 Å². The SMILES string of the molecule is CN(CC#N)C(=O)C(C)(C)c1cccc(C(F)(F)F)c1. The number of hydrogen-bond acceptors (Lipinski definition) is 2. The molecule has 0 spiro atoms. The first-order valence-electron chi connectivity index (χ1n) is 5.91. The van der Waals surface area contributed by atoms with Gasteiger partial charge in [-0.3, -0.25) is 4.79 Å². The summed E-state index contributed by atoms with van der Waals surface area (Å²) in [5, 5.41) is 8.58. The predicted octanol–water partition coefficient (Wildman–Crippen LogP) is 2.96. The second-order valence-corrected chi connectivity index (χ2v) is 5.02. The molecule has 0 atom stereocenters. The van der Waals surface area contributed by atoms with Crippen molar-refractivity contribution >= 4 is 5.91 Å². The fourth-order valence-electron chi connectivity index (χ4n) is 1.86. The third kappa shape index (κ3) is 3.29. The van der Waals surface area contributed by atoms with Crippen LogP contribution in [0, 0.1) is 11.3 Å². The van der Waals surface area contributed by atoms with Crippen LogP contribution < -0.4 is 0 Å². The summed E-state index contributed by atoms with van der Waals surface area (Å²) in [6.07, 6.45) is -4.45. The second-order valence-electron chi connectivity index (χ2n) is 5.02. The van der Waals surface area contributed by atoms with E-state index in [0.29, 0.717) is 0 Å². The van der Waals surface area contributed by atoms with Gasteiger partial charge in [-0.2, -0.15) is 18.4 Å². The lowest BCUT2D eigenvalue weighted by Crippen LogP contribution is -2.41. The van der Waals surface area contributed by atoms with Gasteiger partial charge in [0.05, 0.1) is 17.0 Å². The van der Waals surface area contributed by atoms with Crippen LogP contribution in [-0.2, 0) is 16.4 Å². The van der Waals surface area contributed by atoms with Crippen LogP contribution in [0.15, 0.2) is 24.3 Å². The number of halogens is 3. The van der Waals surface area contributed by atoms with Crippen LogP contribution in [0.25, 0.3) is 0 Å². The summed E-state index contributed by atoms with van der Waals surface area (Å²) < 4.78 is 38.1. The molecule has 1 rings (SSSR count). The molecule has 0 N–H and O–H groups in total. The topological polar surface area (TPSA) is 44.1 Å². The summed E-state index contributed by atoms with van der Waals surface area (Å²) in [5.74, 6) is -0.404. The van der Waals surface area contributed by atoms with E-state index in [4.69, 9.17) is 5.26 Å². The van der Waals surface area contributed by atoms with E-state index in [-0.39, 0.29) is 12.1 Å². The van der Waals surface area contributed by atoms with Gasteiger partial charge in [0.25, 0.3) is 0 Å². The molecule has 0 aliphatic heterocycles. The number of carbonyl (C=O) groups excluding carboxylic acids is 1. The maximum absolute atomic E-state index is 12.7. The van der Waals surface area contributed by atoms with E-state index >= 15 is 0 Å². The molecule has 0 aliphatic carbocycles. The highest BCUT2D eigenvalue weighted by atomic mass is 19.4. The molecule has 0 heterocycles. The molecule has 0 aliphatic rings. The van der Waals surface area contributed by atoms with E-state index in [9.17, 15) is 18.0 Å². The summed E-state index contributed by atoms with van der Waals surface area (Å²) in [7, 11) is 1.45. The van der Waals surface area contributed by atoms with Gasteiger partial charge >= 0.3 is 6.18 Å². The number of amides is 1. The Morgan fingerprint density at radius 2 is 1.85 bits per heavy atom. The normalized spacial score (nSPS) is 11.8. The highest BCUT2D eigenvalue weighted by Gasteiger charge is 2.36. The number of nitrogens with zero attached hydrogens (tertiary/aromatic N) is 2. The average molecular weight is 284 g/mol. The lowest BCUT2D eigenvalue weighted by molar-refractivity contribution is -0.138. The molecule has 0 saturated heterocycles. The van der Waals surface area contributed by atoms with Crippen molar-refractivity contribution < 1.29 is 18.0 Å². The van der Waals surface area contributed by atoms with Gasteiger partial charge in [0.2, 0.25) is 5.91 Å². The average Bonchev–Trinajstić information content (AvgIpc) is 2.37. The number of alkyl halides is 3. The second kappa shape index (κ2) is 5.53. The number of likely N-dealkylation sites (N-methyl/N-ethyl adjacent to an activating group) is 1. The van der Waals surface area contributed by atoms with Crippen molar-refractivity contribution in [2.75, 3.05) is 13.6 Å². The lowest BCUT2D eigenvalue weighted by atomic mass is 9.82. The number of rotatable bonds is 3. The molecule has 0 unspecified atom stereocenters. The molecule has 3 nitrogen and oxygen atoms in total. The van der Waals surface area contributed by atoms with Gasteiger partial charge in [-0.25, -0.2) is 0 Å². The molecule has 108 valence electrons. The van der Waals surface area contributed by atoms with Crippen LogP contribution in [0.1, 0.15) is 25.0 Å². The molecule has 20 heavy (non-hydrogen) atoms. The first-order chi connectivity index (χ1) is 9.10. The maximum atomic E-state index is 12.7. The van der Waals surface area contributed by atoms with Crippen LogP contribution >= 0.6 is 0 Å². The van der Waals surface area contributed by atoms with Gasteiger partial charge in [-0.15, -0.1) is 0 Å². The van der Waals surface area contributed by atoms with Gasteiger partial charge in [0.15, 0.2) is 0 Å². The Morgan fingerprint density at radius 3 is 2.35 bits per heavy atom. The number of hydrogen-bond donors (Lipinski definition) is 0. The van der Waals surface area contributed by atoms with Crippen molar-refractivity contribution in [3.63, 3.8) is 0 Å². The van der Waals surface area contributed by atoms with Crippen LogP contribution in [0.2, 0.25) is 0 Å². The Hall–Kier alpha value is -2.03. The quantitative estimate of drug-likeness (QED) is 0.801. The van der Waals surface area contributed by atoms with Crippen molar-refractivity contribution in [2.24, 2.45) is 0 Å². The molecular weight excluding hydrogens is 269 g/mol. The Kier molecular flexibility index (Phi) is 4.43. The van der Waals surface area contributed by atoms with Crippen LogP contribution in [0.3, 0.4) is 0 Å². The van der Waals surface area contributed by atoms with Gasteiger partial charge in [0, 0.05) is 7.05 Å². The zero-order valence-corrected chi connectivity index (χ0v) is 11.5. The Bertz CT molecular complexity index is 544. The minimum Gasteiger partial charge on any atom is -0.332 e.